The van der Waals surface area contributed by atoms with E-state index in [0.29, 0.717) is 8.95 Å². The second kappa shape index (κ2) is 4.49. The zero-order valence-electron chi connectivity index (χ0n) is 7.15. The van der Waals surface area contributed by atoms with E-state index in [0.717, 1.165) is 0 Å². The maximum Gasteiger partial charge on any atom is 0.264 e. The number of ketones is 1. The number of carbonyl (C=O) groups excluding carboxylic acids is 1. The predicted molar refractivity (Wildman–Crippen MR) is 56.8 cm³/mol. The summed E-state index contributed by atoms with van der Waals surface area (Å²) in [6.07, 6.45) is -2.65. The highest BCUT2D eigenvalue weighted by molar-refractivity contribution is 9.11. The van der Waals surface area contributed by atoms with Crippen LogP contribution in [0.15, 0.2) is 21.1 Å². The second-order valence-electron chi connectivity index (χ2n) is 2.71. The molecule has 1 nitrogen and oxygen atoms in total. The fourth-order valence-corrected chi connectivity index (χ4v) is 2.67. The molecular weight excluding hydrogens is 322 g/mol. The summed E-state index contributed by atoms with van der Waals surface area (Å²) >= 11 is 6.17. The van der Waals surface area contributed by atoms with Gasteiger partial charge in [0.1, 0.15) is 0 Å². The summed E-state index contributed by atoms with van der Waals surface area (Å²) in [7, 11) is 0. The molecule has 1 rings (SSSR count). The first-order chi connectivity index (χ1) is 6.43. The zero-order valence-corrected chi connectivity index (χ0v) is 10.3. The molecule has 0 saturated heterocycles. The third-order valence-electron chi connectivity index (χ3n) is 1.67. The standard InChI is InChI=1S/C9H6Br2F2O/c1-4(14)8-6(9(12)13)2-5(10)3-7(8)11/h2-3,9H,1H3. The molecule has 14 heavy (non-hydrogen) atoms. The highest BCUT2D eigenvalue weighted by Gasteiger charge is 2.19. The van der Waals surface area contributed by atoms with Crippen LogP contribution in [0.1, 0.15) is 29.3 Å². The average Bonchev–Trinajstić information content (AvgIpc) is 2.01. The number of hydrogen-bond donors (Lipinski definition) is 0. The average molecular weight is 328 g/mol. The van der Waals surface area contributed by atoms with Crippen LogP contribution in [0.5, 0.6) is 0 Å². The van der Waals surface area contributed by atoms with Gasteiger partial charge in [0, 0.05) is 20.1 Å². The van der Waals surface area contributed by atoms with E-state index >= 15 is 0 Å². The molecule has 0 aliphatic rings. The quantitative estimate of drug-likeness (QED) is 0.738. The van der Waals surface area contributed by atoms with Crippen LogP contribution in [0.2, 0.25) is 0 Å². The largest absolute Gasteiger partial charge is 0.294 e. The molecule has 0 aliphatic heterocycles. The summed E-state index contributed by atoms with van der Waals surface area (Å²) in [6, 6.07) is 2.83. The van der Waals surface area contributed by atoms with E-state index in [1.807, 2.05) is 0 Å². The van der Waals surface area contributed by atoms with E-state index in [4.69, 9.17) is 0 Å². The fraction of sp³-hybridized carbons (Fsp3) is 0.222. The highest BCUT2D eigenvalue weighted by atomic mass is 79.9. The summed E-state index contributed by atoms with van der Waals surface area (Å²) in [5.41, 5.74) is -0.207. The maximum absolute atomic E-state index is 12.6. The zero-order chi connectivity index (χ0) is 10.9. The highest BCUT2D eigenvalue weighted by Crippen LogP contribution is 2.32. The Kier molecular flexibility index (Phi) is 3.78. The van der Waals surface area contributed by atoms with E-state index in [9.17, 15) is 13.6 Å². The molecule has 0 heterocycles. The molecule has 1 aromatic carbocycles. The Morgan fingerprint density at radius 3 is 2.36 bits per heavy atom. The molecule has 0 N–H and O–H groups in total. The Balaban J connectivity index is 3.44. The second-order valence-corrected chi connectivity index (χ2v) is 4.48. The lowest BCUT2D eigenvalue weighted by atomic mass is 10.1. The van der Waals surface area contributed by atoms with Gasteiger partial charge in [0.2, 0.25) is 0 Å². The van der Waals surface area contributed by atoms with Crippen molar-refractivity contribution in [2.45, 2.75) is 13.3 Å². The van der Waals surface area contributed by atoms with Crippen LogP contribution in [0, 0.1) is 0 Å². The molecule has 1 aromatic rings. The minimum absolute atomic E-state index is 0.0446. The number of rotatable bonds is 2. The minimum Gasteiger partial charge on any atom is -0.294 e. The number of hydrogen-bond acceptors (Lipinski definition) is 1. The molecule has 0 unspecified atom stereocenters. The van der Waals surface area contributed by atoms with Gasteiger partial charge in [0.25, 0.3) is 6.43 Å². The third-order valence-corrected chi connectivity index (χ3v) is 2.76. The first kappa shape index (κ1) is 11.8. The lowest BCUT2D eigenvalue weighted by molar-refractivity contribution is 0.0998. The Bertz CT molecular complexity index is 377. The van der Waals surface area contributed by atoms with Crippen LogP contribution in [0.25, 0.3) is 0 Å². The molecule has 0 spiro atoms. The van der Waals surface area contributed by atoms with Gasteiger partial charge >= 0.3 is 0 Å². The van der Waals surface area contributed by atoms with Gasteiger partial charge in [-0.05, 0) is 35.0 Å². The third kappa shape index (κ3) is 2.39. The number of benzene rings is 1. The summed E-state index contributed by atoms with van der Waals surface area (Å²) in [4.78, 5) is 11.1. The summed E-state index contributed by atoms with van der Waals surface area (Å²) < 4.78 is 26.0. The number of halogens is 4. The molecule has 0 bridgehead atoms. The monoisotopic (exact) mass is 326 g/mol. The summed E-state index contributed by atoms with van der Waals surface area (Å²) in [5.74, 6) is -0.375. The number of Topliss-reactive ketones (excluding diaryl/α,β-unsaturated/α-hetero) is 1. The van der Waals surface area contributed by atoms with Crippen molar-refractivity contribution >= 4 is 37.6 Å². The summed E-state index contributed by atoms with van der Waals surface area (Å²) in [6.45, 7) is 1.26. The van der Waals surface area contributed by atoms with Crippen molar-refractivity contribution in [1.82, 2.24) is 0 Å². The van der Waals surface area contributed by atoms with Crippen molar-refractivity contribution in [2.75, 3.05) is 0 Å². The van der Waals surface area contributed by atoms with Gasteiger partial charge in [-0.15, -0.1) is 0 Å². The van der Waals surface area contributed by atoms with E-state index in [-0.39, 0.29) is 16.9 Å². The predicted octanol–water partition coefficient (Wildman–Crippen LogP) is 4.35. The van der Waals surface area contributed by atoms with Crippen LogP contribution in [0.3, 0.4) is 0 Å². The van der Waals surface area contributed by atoms with Crippen molar-refractivity contribution < 1.29 is 13.6 Å². The van der Waals surface area contributed by atoms with Gasteiger partial charge in [-0.1, -0.05) is 15.9 Å². The fourth-order valence-electron chi connectivity index (χ4n) is 1.14. The van der Waals surface area contributed by atoms with Crippen molar-refractivity contribution in [2.24, 2.45) is 0 Å². The Hall–Kier alpha value is -0.290. The van der Waals surface area contributed by atoms with Gasteiger partial charge in [0.15, 0.2) is 5.78 Å². The van der Waals surface area contributed by atoms with Crippen molar-refractivity contribution in [3.63, 3.8) is 0 Å². The van der Waals surface area contributed by atoms with Crippen molar-refractivity contribution in [3.8, 4) is 0 Å². The summed E-state index contributed by atoms with van der Waals surface area (Å²) in [5, 5.41) is 0. The van der Waals surface area contributed by atoms with Crippen molar-refractivity contribution in [1.29, 1.82) is 0 Å². The lowest BCUT2D eigenvalue weighted by Crippen LogP contribution is -2.01. The molecule has 0 atom stereocenters. The van der Waals surface area contributed by atoms with E-state index in [2.05, 4.69) is 31.9 Å². The Labute approximate surface area is 96.8 Å². The van der Waals surface area contributed by atoms with E-state index in [1.165, 1.54) is 13.0 Å². The van der Waals surface area contributed by atoms with Crippen LogP contribution >= 0.6 is 31.9 Å². The van der Waals surface area contributed by atoms with E-state index < -0.39 is 6.43 Å². The molecule has 0 radical (unpaired) electrons. The van der Waals surface area contributed by atoms with E-state index in [1.54, 1.807) is 6.07 Å². The maximum atomic E-state index is 12.6. The molecular formula is C9H6Br2F2O. The molecule has 0 amide bonds. The molecule has 76 valence electrons. The molecule has 0 aliphatic carbocycles. The smallest absolute Gasteiger partial charge is 0.264 e. The van der Waals surface area contributed by atoms with Gasteiger partial charge in [-0.25, -0.2) is 8.78 Å². The van der Waals surface area contributed by atoms with Crippen LogP contribution in [-0.4, -0.2) is 5.78 Å². The Morgan fingerprint density at radius 2 is 1.93 bits per heavy atom. The first-order valence-electron chi connectivity index (χ1n) is 3.71. The first-order valence-corrected chi connectivity index (χ1v) is 5.30. The Morgan fingerprint density at radius 1 is 1.36 bits per heavy atom. The molecule has 0 saturated carbocycles. The molecule has 0 fully saturated rings. The number of alkyl halides is 2. The van der Waals surface area contributed by atoms with Gasteiger partial charge in [-0.2, -0.15) is 0 Å². The topological polar surface area (TPSA) is 17.1 Å². The number of carbonyl (C=O) groups is 1. The molecule has 0 aromatic heterocycles. The van der Waals surface area contributed by atoms with Crippen molar-refractivity contribution in [3.05, 3.63) is 32.2 Å². The SMILES string of the molecule is CC(=O)c1c(Br)cc(Br)cc1C(F)F. The molecule has 5 heteroatoms. The lowest BCUT2D eigenvalue weighted by Gasteiger charge is -2.08. The normalized spacial score (nSPS) is 10.7. The minimum atomic E-state index is -2.65. The van der Waals surface area contributed by atoms with Crippen LogP contribution < -0.4 is 0 Å². The van der Waals surface area contributed by atoms with Gasteiger partial charge in [-0.3, -0.25) is 4.79 Å². The van der Waals surface area contributed by atoms with Gasteiger partial charge in [0.05, 0.1) is 0 Å². The van der Waals surface area contributed by atoms with Crippen LogP contribution in [0.4, 0.5) is 8.78 Å². The van der Waals surface area contributed by atoms with Gasteiger partial charge < -0.3 is 0 Å². The van der Waals surface area contributed by atoms with Crippen LogP contribution in [-0.2, 0) is 0 Å².